The standard InChI is InChI=1S/C55H104O12S/c1-3-5-7-9-11-13-15-17-19-21-23-24-26-27-29-31-33-35-37-39-41-43-50(56)64-45-48(46-65-55-54(60)53(59)52(58)49(67-55)47-68(61,62)63)66-51(57)44-42-40-38-36-34-32-30-28-25-22-20-18-16-14-12-10-8-6-4-2/h18,20,48-49,52-55,58-60H,3-17,19,21-47H2,1-2H3,(H,61,62,63)/b20-18+/t48-,49-,52-,53?,54?,55+/m1/s1. The second kappa shape index (κ2) is 45.3. The highest BCUT2D eigenvalue weighted by molar-refractivity contribution is 7.85. The van der Waals surface area contributed by atoms with E-state index in [9.17, 15) is 37.9 Å². The van der Waals surface area contributed by atoms with Crippen molar-refractivity contribution in [2.45, 2.75) is 307 Å². The molecule has 13 heteroatoms. The topological polar surface area (TPSA) is 186 Å². The highest BCUT2D eigenvalue weighted by Crippen LogP contribution is 2.24. The van der Waals surface area contributed by atoms with E-state index in [2.05, 4.69) is 26.0 Å². The van der Waals surface area contributed by atoms with Gasteiger partial charge in [0, 0.05) is 12.8 Å². The third-order valence-electron chi connectivity index (χ3n) is 13.3. The lowest BCUT2D eigenvalue weighted by Crippen LogP contribution is -2.60. The average Bonchev–Trinajstić information content (AvgIpc) is 3.31. The minimum atomic E-state index is -4.60. The summed E-state index contributed by atoms with van der Waals surface area (Å²) >= 11 is 0. The molecule has 0 aromatic heterocycles. The van der Waals surface area contributed by atoms with E-state index >= 15 is 0 Å². The fourth-order valence-electron chi connectivity index (χ4n) is 8.97. The summed E-state index contributed by atoms with van der Waals surface area (Å²) in [5.41, 5.74) is 0. The second-order valence-electron chi connectivity index (χ2n) is 20.0. The Morgan fingerprint density at radius 1 is 0.485 bits per heavy atom. The molecule has 2 unspecified atom stereocenters. The van der Waals surface area contributed by atoms with Gasteiger partial charge in [0.25, 0.3) is 10.1 Å². The maximum Gasteiger partial charge on any atom is 0.306 e. The number of carbonyl (C=O) groups is 2. The molecule has 1 fully saturated rings. The van der Waals surface area contributed by atoms with Crippen LogP contribution in [0, 0.1) is 0 Å². The SMILES string of the molecule is CCCCCCCC/C=C/CCCCCCCCCCCC(=O)O[C@H](COC(=O)CCCCCCCCCCCCCCCCCCCCCCC)CO[C@H]1O[C@H](CS(=O)(=O)O)[C@@H](O)C(O)C1O. The molecule has 1 heterocycles. The van der Waals surface area contributed by atoms with Gasteiger partial charge in [-0.3, -0.25) is 14.1 Å². The van der Waals surface area contributed by atoms with E-state index in [-0.39, 0.29) is 19.4 Å². The van der Waals surface area contributed by atoms with Crippen molar-refractivity contribution in [3.63, 3.8) is 0 Å². The summed E-state index contributed by atoms with van der Waals surface area (Å²) in [4.78, 5) is 25.6. The van der Waals surface area contributed by atoms with E-state index in [0.29, 0.717) is 12.8 Å². The number of hydrogen-bond acceptors (Lipinski definition) is 11. The minimum absolute atomic E-state index is 0.167. The molecule has 0 bridgehead atoms. The first-order valence-electron chi connectivity index (χ1n) is 28.2. The van der Waals surface area contributed by atoms with E-state index in [1.165, 1.54) is 193 Å². The molecule has 4 N–H and O–H groups in total. The highest BCUT2D eigenvalue weighted by atomic mass is 32.2. The van der Waals surface area contributed by atoms with Crippen LogP contribution in [0.25, 0.3) is 0 Å². The Balaban J connectivity index is 2.31. The lowest BCUT2D eigenvalue weighted by Gasteiger charge is -2.40. The Bertz CT molecular complexity index is 1300. The molecule has 0 aromatic rings. The summed E-state index contributed by atoms with van der Waals surface area (Å²) in [6, 6.07) is 0. The molecular formula is C55H104O12S. The van der Waals surface area contributed by atoms with Crippen molar-refractivity contribution in [1.82, 2.24) is 0 Å². The molecule has 6 atom stereocenters. The van der Waals surface area contributed by atoms with Gasteiger partial charge in [-0.2, -0.15) is 8.42 Å². The van der Waals surface area contributed by atoms with Crippen LogP contribution < -0.4 is 0 Å². The van der Waals surface area contributed by atoms with E-state index in [1.54, 1.807) is 0 Å². The van der Waals surface area contributed by atoms with Gasteiger partial charge in [0.1, 0.15) is 36.8 Å². The fourth-order valence-corrected chi connectivity index (χ4v) is 9.66. The lowest BCUT2D eigenvalue weighted by molar-refractivity contribution is -0.297. The molecule has 1 rings (SSSR count). The summed E-state index contributed by atoms with van der Waals surface area (Å²) in [6.07, 6.45) is 42.5. The minimum Gasteiger partial charge on any atom is -0.462 e. The van der Waals surface area contributed by atoms with Crippen LogP contribution in [0.15, 0.2) is 12.2 Å². The third-order valence-corrected chi connectivity index (χ3v) is 14.1. The molecule has 1 aliphatic heterocycles. The van der Waals surface area contributed by atoms with E-state index in [4.69, 9.17) is 18.9 Å². The highest BCUT2D eigenvalue weighted by Gasteiger charge is 2.46. The van der Waals surface area contributed by atoms with Gasteiger partial charge >= 0.3 is 11.9 Å². The van der Waals surface area contributed by atoms with Crippen LogP contribution in [0.1, 0.15) is 271 Å². The van der Waals surface area contributed by atoms with E-state index < -0.39 is 71.2 Å². The van der Waals surface area contributed by atoms with Crippen molar-refractivity contribution in [1.29, 1.82) is 0 Å². The number of aliphatic hydroxyl groups is 3. The molecule has 402 valence electrons. The first-order valence-corrected chi connectivity index (χ1v) is 29.9. The summed E-state index contributed by atoms with van der Waals surface area (Å²) in [7, 11) is -4.60. The van der Waals surface area contributed by atoms with Crippen molar-refractivity contribution in [3.8, 4) is 0 Å². The first kappa shape index (κ1) is 64.4. The van der Waals surface area contributed by atoms with Crippen molar-refractivity contribution in [3.05, 3.63) is 12.2 Å². The molecule has 0 amide bonds. The zero-order valence-corrected chi connectivity index (χ0v) is 44.3. The number of ether oxygens (including phenoxy) is 4. The Labute approximate surface area is 416 Å². The largest absolute Gasteiger partial charge is 0.462 e. The number of hydrogen-bond donors (Lipinski definition) is 4. The predicted molar refractivity (Wildman–Crippen MR) is 275 cm³/mol. The normalized spacial score (nSPS) is 19.2. The molecule has 0 aromatic carbocycles. The number of esters is 2. The Morgan fingerprint density at radius 3 is 1.22 bits per heavy atom. The molecule has 68 heavy (non-hydrogen) atoms. The van der Waals surface area contributed by atoms with Crippen molar-refractivity contribution >= 4 is 22.1 Å². The molecule has 1 aliphatic rings. The van der Waals surface area contributed by atoms with Crippen LogP contribution in [-0.2, 0) is 38.7 Å². The van der Waals surface area contributed by atoms with Crippen molar-refractivity contribution in [2.24, 2.45) is 0 Å². The van der Waals surface area contributed by atoms with E-state index in [1.807, 2.05) is 0 Å². The third kappa shape index (κ3) is 39.1. The monoisotopic (exact) mass is 989 g/mol. The summed E-state index contributed by atoms with van der Waals surface area (Å²) < 4.78 is 54.4. The van der Waals surface area contributed by atoms with Gasteiger partial charge in [-0.1, -0.05) is 231 Å². The average molecular weight is 989 g/mol. The summed E-state index contributed by atoms with van der Waals surface area (Å²) in [6.45, 7) is 3.82. The molecule has 0 spiro atoms. The van der Waals surface area contributed by atoms with Crippen LogP contribution in [-0.4, -0.2) is 96.0 Å². The summed E-state index contributed by atoms with van der Waals surface area (Å²) in [5, 5.41) is 31.0. The fraction of sp³-hybridized carbons (Fsp3) is 0.927. The number of unbranched alkanes of at least 4 members (excludes halogenated alkanes) is 35. The van der Waals surface area contributed by atoms with Gasteiger partial charge in [-0.05, 0) is 38.5 Å². The van der Waals surface area contributed by atoms with Gasteiger partial charge in [0.15, 0.2) is 12.4 Å². The van der Waals surface area contributed by atoms with Gasteiger partial charge in [-0.25, -0.2) is 0 Å². The van der Waals surface area contributed by atoms with Gasteiger partial charge in [-0.15, -0.1) is 0 Å². The van der Waals surface area contributed by atoms with Gasteiger partial charge < -0.3 is 34.3 Å². The smallest absolute Gasteiger partial charge is 0.306 e. The molecule has 0 saturated carbocycles. The predicted octanol–water partition coefficient (Wildman–Crippen LogP) is 13.4. The zero-order valence-electron chi connectivity index (χ0n) is 43.5. The second-order valence-corrected chi connectivity index (χ2v) is 21.5. The first-order chi connectivity index (χ1) is 33.0. The van der Waals surface area contributed by atoms with Crippen molar-refractivity contribution < 1.29 is 56.8 Å². The van der Waals surface area contributed by atoms with Crippen LogP contribution in [0.3, 0.4) is 0 Å². The molecule has 1 saturated heterocycles. The Kier molecular flexibility index (Phi) is 42.9. The van der Waals surface area contributed by atoms with Gasteiger partial charge in [0.2, 0.25) is 0 Å². The van der Waals surface area contributed by atoms with Crippen LogP contribution in [0.2, 0.25) is 0 Å². The zero-order chi connectivity index (χ0) is 49.8. The Hall–Kier alpha value is -1.61. The van der Waals surface area contributed by atoms with E-state index in [0.717, 1.165) is 38.5 Å². The lowest BCUT2D eigenvalue weighted by atomic mass is 10.00. The number of carbonyl (C=O) groups excluding carboxylic acids is 2. The molecule has 12 nitrogen and oxygen atoms in total. The molecule has 0 aliphatic carbocycles. The number of rotatable bonds is 49. The van der Waals surface area contributed by atoms with Crippen LogP contribution in [0.4, 0.5) is 0 Å². The van der Waals surface area contributed by atoms with Gasteiger partial charge in [0.05, 0.1) is 6.61 Å². The maximum atomic E-state index is 12.9. The van der Waals surface area contributed by atoms with Crippen molar-refractivity contribution in [2.75, 3.05) is 19.0 Å². The van der Waals surface area contributed by atoms with Crippen LogP contribution >= 0.6 is 0 Å². The number of allylic oxidation sites excluding steroid dienone is 2. The summed E-state index contributed by atoms with van der Waals surface area (Å²) in [5.74, 6) is -1.96. The maximum absolute atomic E-state index is 12.9. The Morgan fingerprint density at radius 2 is 0.838 bits per heavy atom. The quantitative estimate of drug-likeness (QED) is 0.0196. The molecule has 0 radical (unpaired) electrons. The van der Waals surface area contributed by atoms with Crippen LogP contribution in [0.5, 0.6) is 0 Å². The number of aliphatic hydroxyl groups excluding tert-OH is 3. The molecular weight excluding hydrogens is 885 g/mol.